The maximum absolute atomic E-state index is 4.28. The van der Waals surface area contributed by atoms with E-state index in [0.29, 0.717) is 0 Å². The van der Waals surface area contributed by atoms with Crippen LogP contribution in [0.5, 0.6) is 0 Å². The molecular weight excluding hydrogens is 222 g/mol. The van der Waals surface area contributed by atoms with Gasteiger partial charge in [0.05, 0.1) is 5.69 Å². The minimum Gasteiger partial charge on any atom is -0.312 e. The predicted molar refractivity (Wildman–Crippen MR) is 74.7 cm³/mol. The molecule has 0 aliphatic rings. The summed E-state index contributed by atoms with van der Waals surface area (Å²) >= 11 is 0. The molecule has 1 N–H and O–H groups in total. The molecule has 1 aromatic carbocycles. The third-order valence-electron chi connectivity index (χ3n) is 2.79. The van der Waals surface area contributed by atoms with E-state index in [0.717, 1.165) is 25.2 Å². The number of nitrogens with zero attached hydrogens (tertiary/aromatic N) is 2. The first-order chi connectivity index (χ1) is 8.77. The van der Waals surface area contributed by atoms with Crippen molar-refractivity contribution in [3.05, 3.63) is 60.4 Å². The average molecular weight is 241 g/mol. The lowest BCUT2D eigenvalue weighted by molar-refractivity contribution is 0.679. The minimum atomic E-state index is 0.851. The van der Waals surface area contributed by atoms with E-state index in [1.54, 1.807) is 6.20 Å². The first-order valence-electron chi connectivity index (χ1n) is 6.20. The lowest BCUT2D eigenvalue weighted by Gasteiger charge is -2.10. The second-order valence-electron chi connectivity index (χ2n) is 4.46. The van der Waals surface area contributed by atoms with Crippen LogP contribution in [0.2, 0.25) is 0 Å². The van der Waals surface area contributed by atoms with Crippen molar-refractivity contribution in [1.82, 2.24) is 15.1 Å². The SMILES string of the molecule is C=C(C)CCNCc1ccccc1-n1cccn1. The molecule has 0 fully saturated rings. The summed E-state index contributed by atoms with van der Waals surface area (Å²) in [6.07, 6.45) is 4.78. The summed E-state index contributed by atoms with van der Waals surface area (Å²) in [5, 5.41) is 7.71. The molecule has 18 heavy (non-hydrogen) atoms. The number of para-hydroxylation sites is 1. The van der Waals surface area contributed by atoms with Gasteiger partial charge in [-0.2, -0.15) is 5.10 Å². The number of hydrogen-bond donors (Lipinski definition) is 1. The third kappa shape index (κ3) is 3.31. The Hall–Kier alpha value is -1.87. The molecule has 1 heterocycles. The van der Waals surface area contributed by atoms with Crippen molar-refractivity contribution >= 4 is 0 Å². The largest absolute Gasteiger partial charge is 0.312 e. The molecule has 2 rings (SSSR count). The van der Waals surface area contributed by atoms with Crippen molar-refractivity contribution in [2.24, 2.45) is 0 Å². The Morgan fingerprint density at radius 3 is 2.89 bits per heavy atom. The van der Waals surface area contributed by atoms with E-state index < -0.39 is 0 Å². The van der Waals surface area contributed by atoms with Gasteiger partial charge in [0.15, 0.2) is 0 Å². The van der Waals surface area contributed by atoms with Crippen LogP contribution in [0, 0.1) is 0 Å². The molecule has 0 amide bonds. The third-order valence-corrected chi connectivity index (χ3v) is 2.79. The number of rotatable bonds is 6. The van der Waals surface area contributed by atoms with Gasteiger partial charge in [0.1, 0.15) is 0 Å². The quantitative estimate of drug-likeness (QED) is 0.622. The molecule has 0 unspecified atom stereocenters. The number of benzene rings is 1. The fourth-order valence-corrected chi connectivity index (χ4v) is 1.82. The minimum absolute atomic E-state index is 0.851. The summed E-state index contributed by atoms with van der Waals surface area (Å²) in [6.45, 7) is 7.77. The number of nitrogens with one attached hydrogen (secondary N) is 1. The van der Waals surface area contributed by atoms with Gasteiger partial charge in [-0.1, -0.05) is 23.8 Å². The summed E-state index contributed by atoms with van der Waals surface area (Å²) < 4.78 is 1.90. The predicted octanol–water partition coefficient (Wildman–Crippen LogP) is 2.93. The molecule has 2 aromatic rings. The second kappa shape index (κ2) is 6.17. The smallest absolute Gasteiger partial charge is 0.0690 e. The van der Waals surface area contributed by atoms with Gasteiger partial charge in [0.25, 0.3) is 0 Å². The van der Waals surface area contributed by atoms with Gasteiger partial charge in [-0.15, -0.1) is 6.58 Å². The van der Waals surface area contributed by atoms with Crippen LogP contribution in [0.1, 0.15) is 18.9 Å². The molecule has 3 heteroatoms. The van der Waals surface area contributed by atoms with Gasteiger partial charge in [0.2, 0.25) is 0 Å². The van der Waals surface area contributed by atoms with Crippen LogP contribution in [0.4, 0.5) is 0 Å². The van der Waals surface area contributed by atoms with Gasteiger partial charge >= 0.3 is 0 Å². The molecular formula is C15H19N3. The Morgan fingerprint density at radius 2 is 2.17 bits per heavy atom. The summed E-state index contributed by atoms with van der Waals surface area (Å²) in [5.74, 6) is 0. The van der Waals surface area contributed by atoms with Gasteiger partial charge in [-0.05, 0) is 37.6 Å². The molecule has 3 nitrogen and oxygen atoms in total. The zero-order chi connectivity index (χ0) is 12.8. The molecule has 94 valence electrons. The van der Waals surface area contributed by atoms with Crippen LogP contribution in [0.15, 0.2) is 54.9 Å². The van der Waals surface area contributed by atoms with Crippen LogP contribution < -0.4 is 5.32 Å². The maximum Gasteiger partial charge on any atom is 0.0690 e. The first-order valence-corrected chi connectivity index (χ1v) is 6.20. The molecule has 0 saturated carbocycles. The first kappa shape index (κ1) is 12.6. The highest BCUT2D eigenvalue weighted by Gasteiger charge is 2.03. The van der Waals surface area contributed by atoms with Crippen molar-refractivity contribution in [3.8, 4) is 5.69 Å². The highest BCUT2D eigenvalue weighted by Crippen LogP contribution is 2.13. The van der Waals surface area contributed by atoms with Gasteiger partial charge in [0, 0.05) is 18.9 Å². The number of hydrogen-bond acceptors (Lipinski definition) is 2. The Bertz CT molecular complexity index is 500. The zero-order valence-electron chi connectivity index (χ0n) is 10.8. The van der Waals surface area contributed by atoms with E-state index >= 15 is 0 Å². The Balaban J connectivity index is 2.02. The van der Waals surface area contributed by atoms with E-state index in [1.165, 1.54) is 11.1 Å². The Morgan fingerprint density at radius 1 is 1.33 bits per heavy atom. The zero-order valence-corrected chi connectivity index (χ0v) is 10.8. The van der Waals surface area contributed by atoms with E-state index in [2.05, 4.69) is 42.1 Å². The van der Waals surface area contributed by atoms with Gasteiger partial charge < -0.3 is 5.32 Å². The van der Waals surface area contributed by atoms with E-state index in [1.807, 2.05) is 23.0 Å². The van der Waals surface area contributed by atoms with Crippen LogP contribution in [-0.2, 0) is 6.54 Å². The highest BCUT2D eigenvalue weighted by atomic mass is 15.3. The molecule has 1 aromatic heterocycles. The van der Waals surface area contributed by atoms with Crippen molar-refractivity contribution in [2.75, 3.05) is 6.54 Å². The maximum atomic E-state index is 4.28. The summed E-state index contributed by atoms with van der Waals surface area (Å²) in [5.41, 5.74) is 3.59. The normalized spacial score (nSPS) is 10.5. The standard InChI is InChI=1S/C15H19N3/c1-13(2)8-10-16-12-14-6-3-4-7-15(14)18-11-5-9-17-18/h3-7,9,11,16H,1,8,10,12H2,2H3. The van der Waals surface area contributed by atoms with Crippen LogP contribution >= 0.6 is 0 Å². The van der Waals surface area contributed by atoms with E-state index in [-0.39, 0.29) is 0 Å². The van der Waals surface area contributed by atoms with Crippen LogP contribution in [0.3, 0.4) is 0 Å². The van der Waals surface area contributed by atoms with E-state index in [9.17, 15) is 0 Å². The molecule has 0 bridgehead atoms. The topological polar surface area (TPSA) is 29.9 Å². The highest BCUT2D eigenvalue weighted by molar-refractivity contribution is 5.40. The summed E-state index contributed by atoms with van der Waals surface area (Å²) in [6, 6.07) is 10.2. The van der Waals surface area contributed by atoms with Crippen LogP contribution in [0.25, 0.3) is 5.69 Å². The Labute approximate surface area is 108 Å². The van der Waals surface area contributed by atoms with Gasteiger partial charge in [-0.25, -0.2) is 4.68 Å². The molecule has 0 aliphatic carbocycles. The fourth-order valence-electron chi connectivity index (χ4n) is 1.82. The van der Waals surface area contributed by atoms with Crippen molar-refractivity contribution in [1.29, 1.82) is 0 Å². The molecule has 0 radical (unpaired) electrons. The lowest BCUT2D eigenvalue weighted by Crippen LogP contribution is -2.16. The lowest BCUT2D eigenvalue weighted by atomic mass is 10.1. The molecule has 0 aliphatic heterocycles. The summed E-state index contributed by atoms with van der Waals surface area (Å²) in [4.78, 5) is 0. The molecule has 0 atom stereocenters. The van der Waals surface area contributed by atoms with Crippen LogP contribution in [-0.4, -0.2) is 16.3 Å². The number of aromatic nitrogens is 2. The Kier molecular flexibility index (Phi) is 4.31. The van der Waals surface area contributed by atoms with Crippen molar-refractivity contribution in [2.45, 2.75) is 19.9 Å². The average Bonchev–Trinajstić information content (AvgIpc) is 2.88. The summed E-state index contributed by atoms with van der Waals surface area (Å²) in [7, 11) is 0. The molecule has 0 spiro atoms. The fraction of sp³-hybridized carbons (Fsp3) is 0.267. The van der Waals surface area contributed by atoms with Crippen molar-refractivity contribution < 1.29 is 0 Å². The second-order valence-corrected chi connectivity index (χ2v) is 4.46. The molecule has 0 saturated heterocycles. The van der Waals surface area contributed by atoms with Crippen molar-refractivity contribution in [3.63, 3.8) is 0 Å². The van der Waals surface area contributed by atoms with E-state index in [4.69, 9.17) is 0 Å². The monoisotopic (exact) mass is 241 g/mol. The van der Waals surface area contributed by atoms with Gasteiger partial charge in [-0.3, -0.25) is 0 Å².